The van der Waals surface area contributed by atoms with E-state index < -0.39 is 0 Å². The number of hydrogen-bond acceptors (Lipinski definition) is 2. The Hall–Kier alpha value is -2.60. The van der Waals surface area contributed by atoms with Gasteiger partial charge in [0, 0.05) is 17.8 Å². The van der Waals surface area contributed by atoms with Crippen molar-refractivity contribution in [3.05, 3.63) is 71.7 Å². The number of H-pyrrole nitrogens is 1. The summed E-state index contributed by atoms with van der Waals surface area (Å²) in [5.41, 5.74) is 1.82. The van der Waals surface area contributed by atoms with E-state index in [0.717, 1.165) is 5.56 Å². The molecule has 1 heterocycles. The van der Waals surface area contributed by atoms with E-state index in [-0.39, 0.29) is 5.56 Å². The van der Waals surface area contributed by atoms with E-state index in [2.05, 4.69) is 24.2 Å². The molecule has 0 aliphatic carbocycles. The van der Waals surface area contributed by atoms with Gasteiger partial charge < -0.3 is 4.98 Å². The van der Waals surface area contributed by atoms with E-state index in [0.29, 0.717) is 11.1 Å². The van der Waals surface area contributed by atoms with Crippen molar-refractivity contribution in [1.29, 1.82) is 5.26 Å². The highest BCUT2D eigenvalue weighted by Crippen LogP contribution is 2.20. The SMILES string of the molecule is C=C.CC.N#Cc1c[nH]c(=O)cc1-c1ccccc1. The fourth-order valence-corrected chi connectivity index (χ4v) is 1.42. The van der Waals surface area contributed by atoms with Gasteiger partial charge in [-0.3, -0.25) is 4.79 Å². The van der Waals surface area contributed by atoms with Crippen LogP contribution < -0.4 is 5.56 Å². The van der Waals surface area contributed by atoms with E-state index in [9.17, 15) is 4.79 Å². The molecule has 0 saturated carbocycles. The number of nitrogens with zero attached hydrogens (tertiary/aromatic N) is 1. The van der Waals surface area contributed by atoms with Crippen LogP contribution in [0.5, 0.6) is 0 Å². The second kappa shape index (κ2) is 9.43. The first-order valence-electron chi connectivity index (χ1n) is 5.99. The van der Waals surface area contributed by atoms with Crippen molar-refractivity contribution in [3.8, 4) is 17.2 Å². The van der Waals surface area contributed by atoms with Gasteiger partial charge in [0.15, 0.2) is 0 Å². The van der Waals surface area contributed by atoms with Crippen molar-refractivity contribution >= 4 is 0 Å². The molecule has 0 saturated heterocycles. The van der Waals surface area contributed by atoms with E-state index in [4.69, 9.17) is 5.26 Å². The minimum absolute atomic E-state index is 0.201. The molecule has 0 fully saturated rings. The monoisotopic (exact) mass is 254 g/mol. The Kier molecular flexibility index (Phi) is 8.14. The lowest BCUT2D eigenvalue weighted by Crippen LogP contribution is -2.04. The first-order valence-corrected chi connectivity index (χ1v) is 5.99. The van der Waals surface area contributed by atoms with Crippen LogP contribution in [0, 0.1) is 11.3 Å². The van der Waals surface area contributed by atoms with Crippen molar-refractivity contribution in [2.45, 2.75) is 13.8 Å². The maximum absolute atomic E-state index is 11.2. The molecule has 1 aromatic carbocycles. The van der Waals surface area contributed by atoms with Crippen LogP contribution in [0.4, 0.5) is 0 Å². The standard InChI is InChI=1S/C12H8N2O.C2H6.C2H4/c13-7-10-8-14-12(15)6-11(10)9-4-2-1-3-5-9;2*1-2/h1-6,8H,(H,14,15);1-2H3;1-2H2. The number of nitrogens with one attached hydrogen (secondary N) is 1. The van der Waals surface area contributed by atoms with Crippen molar-refractivity contribution in [1.82, 2.24) is 4.98 Å². The predicted octanol–water partition coefficient (Wildman–Crippen LogP) is 3.74. The lowest BCUT2D eigenvalue weighted by atomic mass is 10.0. The van der Waals surface area contributed by atoms with Crippen LogP contribution in [-0.2, 0) is 0 Å². The zero-order valence-electron chi connectivity index (χ0n) is 11.3. The van der Waals surface area contributed by atoms with Gasteiger partial charge in [-0.1, -0.05) is 44.2 Å². The van der Waals surface area contributed by atoms with Gasteiger partial charge in [-0.15, -0.1) is 13.2 Å². The molecule has 2 aromatic rings. The molecule has 0 amide bonds. The van der Waals surface area contributed by atoms with Gasteiger partial charge >= 0.3 is 0 Å². The molecule has 1 aromatic heterocycles. The summed E-state index contributed by atoms with van der Waals surface area (Å²) in [7, 11) is 0. The summed E-state index contributed by atoms with van der Waals surface area (Å²) in [4.78, 5) is 13.6. The average molecular weight is 254 g/mol. The van der Waals surface area contributed by atoms with Crippen LogP contribution in [0.3, 0.4) is 0 Å². The molecular weight excluding hydrogens is 236 g/mol. The molecule has 0 spiro atoms. The molecule has 98 valence electrons. The number of nitriles is 1. The first-order chi connectivity index (χ1) is 9.31. The predicted molar refractivity (Wildman–Crippen MR) is 79.8 cm³/mol. The summed E-state index contributed by atoms with van der Waals surface area (Å²) in [6.07, 6.45) is 1.44. The number of pyridine rings is 1. The largest absolute Gasteiger partial charge is 0.328 e. The quantitative estimate of drug-likeness (QED) is 0.788. The van der Waals surface area contributed by atoms with Crippen LogP contribution in [0.1, 0.15) is 19.4 Å². The average Bonchev–Trinajstić information content (AvgIpc) is 2.52. The molecule has 0 aliphatic heterocycles. The van der Waals surface area contributed by atoms with Gasteiger partial charge in [0.1, 0.15) is 6.07 Å². The van der Waals surface area contributed by atoms with E-state index in [1.54, 1.807) is 0 Å². The van der Waals surface area contributed by atoms with E-state index >= 15 is 0 Å². The molecule has 3 heteroatoms. The van der Waals surface area contributed by atoms with E-state index in [1.807, 2.05) is 44.2 Å². The molecule has 0 unspecified atom stereocenters. The molecule has 3 nitrogen and oxygen atoms in total. The number of aromatic nitrogens is 1. The highest BCUT2D eigenvalue weighted by molar-refractivity contribution is 5.69. The molecule has 0 radical (unpaired) electrons. The lowest BCUT2D eigenvalue weighted by molar-refractivity contribution is 1.22. The number of hydrogen-bond donors (Lipinski definition) is 1. The second-order valence-electron chi connectivity index (χ2n) is 3.10. The van der Waals surface area contributed by atoms with Crippen molar-refractivity contribution in [3.63, 3.8) is 0 Å². The Balaban J connectivity index is 0.000000741. The van der Waals surface area contributed by atoms with Gasteiger partial charge in [0.2, 0.25) is 5.56 Å². The normalized spacial score (nSPS) is 8.05. The van der Waals surface area contributed by atoms with Crippen LogP contribution in [0.25, 0.3) is 11.1 Å². The fraction of sp³-hybridized carbons (Fsp3) is 0.125. The number of aromatic amines is 1. The van der Waals surface area contributed by atoms with Gasteiger partial charge in [0.05, 0.1) is 5.56 Å². The summed E-state index contributed by atoms with van der Waals surface area (Å²) in [5.74, 6) is 0. The van der Waals surface area contributed by atoms with Crippen LogP contribution >= 0.6 is 0 Å². The third-order valence-electron chi connectivity index (χ3n) is 2.13. The molecular formula is C16H18N2O. The lowest BCUT2D eigenvalue weighted by Gasteiger charge is -2.02. The molecule has 0 atom stereocenters. The summed E-state index contributed by atoms with van der Waals surface area (Å²) in [5, 5.41) is 8.90. The summed E-state index contributed by atoms with van der Waals surface area (Å²) >= 11 is 0. The molecule has 0 aliphatic rings. The second-order valence-corrected chi connectivity index (χ2v) is 3.10. The number of benzene rings is 1. The van der Waals surface area contributed by atoms with Crippen molar-refractivity contribution in [2.75, 3.05) is 0 Å². The minimum Gasteiger partial charge on any atom is -0.328 e. The van der Waals surface area contributed by atoms with Gasteiger partial charge in [0.25, 0.3) is 0 Å². The Morgan fingerprint density at radius 3 is 2.26 bits per heavy atom. The maximum atomic E-state index is 11.2. The third-order valence-corrected chi connectivity index (χ3v) is 2.13. The maximum Gasteiger partial charge on any atom is 0.248 e. The fourth-order valence-electron chi connectivity index (χ4n) is 1.42. The molecule has 19 heavy (non-hydrogen) atoms. The summed E-state index contributed by atoms with van der Waals surface area (Å²) < 4.78 is 0. The first kappa shape index (κ1) is 16.4. The van der Waals surface area contributed by atoms with Crippen LogP contribution in [-0.4, -0.2) is 4.98 Å². The molecule has 2 rings (SSSR count). The topological polar surface area (TPSA) is 56.6 Å². The summed E-state index contributed by atoms with van der Waals surface area (Å²) in [6, 6.07) is 12.9. The van der Waals surface area contributed by atoms with Crippen molar-refractivity contribution in [2.24, 2.45) is 0 Å². The highest BCUT2D eigenvalue weighted by atomic mass is 16.1. The Bertz CT molecular complexity index is 580. The van der Waals surface area contributed by atoms with E-state index in [1.165, 1.54) is 12.3 Å². The Morgan fingerprint density at radius 2 is 1.74 bits per heavy atom. The number of rotatable bonds is 1. The zero-order chi connectivity index (χ0) is 14.7. The molecule has 0 bridgehead atoms. The molecule has 1 N–H and O–H groups in total. The van der Waals surface area contributed by atoms with Crippen LogP contribution in [0.2, 0.25) is 0 Å². The third kappa shape index (κ3) is 4.64. The van der Waals surface area contributed by atoms with Crippen molar-refractivity contribution < 1.29 is 0 Å². The van der Waals surface area contributed by atoms with Gasteiger partial charge in [-0.25, -0.2) is 0 Å². The van der Waals surface area contributed by atoms with Gasteiger partial charge in [-0.2, -0.15) is 5.26 Å². The van der Waals surface area contributed by atoms with Crippen LogP contribution in [0.15, 0.2) is 60.5 Å². The highest BCUT2D eigenvalue weighted by Gasteiger charge is 2.04. The Morgan fingerprint density at radius 1 is 1.16 bits per heavy atom. The zero-order valence-corrected chi connectivity index (χ0v) is 11.3. The Labute approximate surface area is 113 Å². The minimum atomic E-state index is -0.201. The smallest absolute Gasteiger partial charge is 0.248 e. The van der Waals surface area contributed by atoms with Gasteiger partial charge in [-0.05, 0) is 5.56 Å². The summed E-state index contributed by atoms with van der Waals surface area (Å²) in [6.45, 7) is 10.0.